The van der Waals surface area contributed by atoms with Gasteiger partial charge >= 0.3 is 0 Å². The fraction of sp³-hybridized carbons (Fsp3) is 1.00. The van der Waals surface area contributed by atoms with Crippen molar-refractivity contribution in [1.29, 1.82) is 0 Å². The quantitative estimate of drug-likeness (QED) is 0.761. The number of hydrogen-bond acceptors (Lipinski definition) is 2. The summed E-state index contributed by atoms with van der Waals surface area (Å²) in [6.07, 6.45) is 5.72. The first-order chi connectivity index (χ1) is 8.78. The molecule has 2 aliphatic heterocycles. The third kappa shape index (κ3) is 5.27. The Labute approximate surface area is 115 Å². The van der Waals surface area contributed by atoms with Gasteiger partial charge in [-0.1, -0.05) is 27.7 Å². The van der Waals surface area contributed by atoms with E-state index in [4.69, 9.17) is 0 Å². The first-order valence-electron chi connectivity index (χ1n) is 8.22. The molecule has 18 heavy (non-hydrogen) atoms. The van der Waals surface area contributed by atoms with Gasteiger partial charge in [0, 0.05) is 13.1 Å². The molecule has 0 amide bonds. The molecule has 108 valence electrons. The minimum Gasteiger partial charge on any atom is -0.303 e. The molecule has 2 heteroatoms. The lowest BCUT2D eigenvalue weighted by Gasteiger charge is -2.37. The third-order valence-corrected chi connectivity index (χ3v) is 4.44. The Bertz CT molecular complexity index is 197. The Hall–Kier alpha value is -0.0800. The summed E-state index contributed by atoms with van der Waals surface area (Å²) in [4.78, 5) is 5.34. The summed E-state index contributed by atoms with van der Waals surface area (Å²) in [5.41, 5.74) is 0. The SMILES string of the molecule is CC.CCN1CCCC(CN2CCC(C)CC2)C1. The van der Waals surface area contributed by atoms with Crippen molar-refractivity contribution in [2.24, 2.45) is 11.8 Å². The van der Waals surface area contributed by atoms with E-state index in [-0.39, 0.29) is 0 Å². The summed E-state index contributed by atoms with van der Waals surface area (Å²) >= 11 is 0. The van der Waals surface area contributed by atoms with Gasteiger partial charge in [-0.05, 0) is 63.7 Å². The Morgan fingerprint density at radius 2 is 1.61 bits per heavy atom. The van der Waals surface area contributed by atoms with E-state index >= 15 is 0 Å². The summed E-state index contributed by atoms with van der Waals surface area (Å²) < 4.78 is 0. The average Bonchev–Trinajstić information content (AvgIpc) is 2.44. The summed E-state index contributed by atoms with van der Waals surface area (Å²) in [5, 5.41) is 0. The Kier molecular flexibility index (Phi) is 7.92. The summed E-state index contributed by atoms with van der Waals surface area (Å²) in [6, 6.07) is 0. The van der Waals surface area contributed by atoms with Crippen LogP contribution in [0.5, 0.6) is 0 Å². The van der Waals surface area contributed by atoms with Gasteiger partial charge in [0.2, 0.25) is 0 Å². The van der Waals surface area contributed by atoms with E-state index in [0.717, 1.165) is 11.8 Å². The van der Waals surface area contributed by atoms with E-state index in [2.05, 4.69) is 23.6 Å². The maximum atomic E-state index is 2.71. The van der Waals surface area contributed by atoms with Crippen LogP contribution in [0.1, 0.15) is 53.4 Å². The molecule has 2 saturated heterocycles. The number of nitrogens with zero attached hydrogens (tertiary/aromatic N) is 2. The number of likely N-dealkylation sites (tertiary alicyclic amines) is 2. The molecule has 2 nitrogen and oxygen atoms in total. The van der Waals surface area contributed by atoms with Crippen molar-refractivity contribution in [1.82, 2.24) is 9.80 Å². The predicted octanol–water partition coefficient (Wildman–Crippen LogP) is 3.48. The maximum absolute atomic E-state index is 2.71. The van der Waals surface area contributed by atoms with Crippen molar-refractivity contribution >= 4 is 0 Å². The largest absolute Gasteiger partial charge is 0.303 e. The average molecular weight is 254 g/mol. The fourth-order valence-corrected chi connectivity index (χ4v) is 3.20. The molecular weight excluding hydrogens is 220 g/mol. The minimum absolute atomic E-state index is 0.946. The van der Waals surface area contributed by atoms with Crippen molar-refractivity contribution in [3.8, 4) is 0 Å². The van der Waals surface area contributed by atoms with Gasteiger partial charge in [-0.25, -0.2) is 0 Å². The molecule has 0 bridgehead atoms. The molecule has 2 aliphatic rings. The maximum Gasteiger partial charge on any atom is 0.00219 e. The van der Waals surface area contributed by atoms with Gasteiger partial charge in [0.15, 0.2) is 0 Å². The number of hydrogen-bond donors (Lipinski definition) is 0. The van der Waals surface area contributed by atoms with E-state index in [0.29, 0.717) is 0 Å². The van der Waals surface area contributed by atoms with Gasteiger partial charge in [-0.3, -0.25) is 0 Å². The second-order valence-corrected chi connectivity index (χ2v) is 5.88. The molecule has 1 atom stereocenters. The molecule has 0 aromatic heterocycles. The highest BCUT2D eigenvalue weighted by molar-refractivity contribution is 4.77. The van der Waals surface area contributed by atoms with E-state index in [1.165, 1.54) is 65.0 Å². The van der Waals surface area contributed by atoms with Crippen LogP contribution in [0, 0.1) is 11.8 Å². The van der Waals surface area contributed by atoms with E-state index in [1.54, 1.807) is 0 Å². The molecule has 2 heterocycles. The van der Waals surface area contributed by atoms with Crippen LogP contribution in [0.2, 0.25) is 0 Å². The van der Waals surface area contributed by atoms with Gasteiger partial charge in [0.05, 0.1) is 0 Å². The molecule has 0 radical (unpaired) electrons. The highest BCUT2D eigenvalue weighted by atomic mass is 15.2. The topological polar surface area (TPSA) is 6.48 Å². The van der Waals surface area contributed by atoms with Crippen molar-refractivity contribution in [2.75, 3.05) is 39.3 Å². The molecule has 0 aliphatic carbocycles. The zero-order chi connectivity index (χ0) is 13.4. The molecule has 0 N–H and O–H groups in total. The lowest BCUT2D eigenvalue weighted by Crippen LogP contribution is -2.43. The zero-order valence-electron chi connectivity index (χ0n) is 13.1. The van der Waals surface area contributed by atoms with Gasteiger partial charge in [-0.2, -0.15) is 0 Å². The Morgan fingerprint density at radius 1 is 0.944 bits per heavy atom. The highest BCUT2D eigenvalue weighted by Gasteiger charge is 2.23. The third-order valence-electron chi connectivity index (χ3n) is 4.44. The molecule has 0 aromatic carbocycles. The molecule has 2 fully saturated rings. The highest BCUT2D eigenvalue weighted by Crippen LogP contribution is 2.21. The van der Waals surface area contributed by atoms with Crippen molar-refractivity contribution in [3.63, 3.8) is 0 Å². The van der Waals surface area contributed by atoms with Gasteiger partial charge in [0.1, 0.15) is 0 Å². The molecule has 0 aromatic rings. The van der Waals surface area contributed by atoms with Crippen LogP contribution in [-0.2, 0) is 0 Å². The molecule has 0 saturated carbocycles. The van der Waals surface area contributed by atoms with E-state index < -0.39 is 0 Å². The van der Waals surface area contributed by atoms with Crippen LogP contribution in [0.4, 0.5) is 0 Å². The normalized spacial score (nSPS) is 27.7. The van der Waals surface area contributed by atoms with Crippen LogP contribution in [0.3, 0.4) is 0 Å². The fourth-order valence-electron chi connectivity index (χ4n) is 3.20. The standard InChI is InChI=1S/C14H28N2.C2H6/c1-3-15-8-4-5-14(11-15)12-16-9-6-13(2)7-10-16;1-2/h13-14H,3-12H2,1-2H3;1-2H3. The second-order valence-electron chi connectivity index (χ2n) is 5.88. The van der Waals surface area contributed by atoms with Crippen LogP contribution in [0.15, 0.2) is 0 Å². The summed E-state index contributed by atoms with van der Waals surface area (Å²) in [6.45, 7) is 16.7. The van der Waals surface area contributed by atoms with Crippen molar-refractivity contribution in [3.05, 3.63) is 0 Å². The molecule has 1 unspecified atom stereocenters. The van der Waals surface area contributed by atoms with Crippen LogP contribution < -0.4 is 0 Å². The van der Waals surface area contributed by atoms with Crippen LogP contribution in [0.25, 0.3) is 0 Å². The van der Waals surface area contributed by atoms with Gasteiger partial charge in [-0.15, -0.1) is 0 Å². The molecule has 2 rings (SSSR count). The second kappa shape index (κ2) is 8.92. The number of rotatable bonds is 3. The van der Waals surface area contributed by atoms with E-state index in [9.17, 15) is 0 Å². The van der Waals surface area contributed by atoms with Gasteiger partial charge < -0.3 is 9.80 Å². The van der Waals surface area contributed by atoms with Crippen molar-refractivity contribution in [2.45, 2.75) is 53.4 Å². The van der Waals surface area contributed by atoms with Crippen LogP contribution >= 0.6 is 0 Å². The first kappa shape index (κ1) is 16.0. The van der Waals surface area contributed by atoms with Crippen molar-refractivity contribution < 1.29 is 0 Å². The Balaban J connectivity index is 0.000000771. The molecular formula is C16H34N2. The lowest BCUT2D eigenvalue weighted by atomic mass is 9.94. The minimum atomic E-state index is 0.946. The summed E-state index contributed by atoms with van der Waals surface area (Å²) in [5.74, 6) is 1.91. The number of piperidine rings is 2. The molecule has 0 spiro atoms. The lowest BCUT2D eigenvalue weighted by molar-refractivity contribution is 0.115. The van der Waals surface area contributed by atoms with Gasteiger partial charge in [0.25, 0.3) is 0 Å². The first-order valence-corrected chi connectivity index (χ1v) is 8.22. The zero-order valence-corrected chi connectivity index (χ0v) is 13.1. The van der Waals surface area contributed by atoms with E-state index in [1.807, 2.05) is 13.8 Å². The summed E-state index contributed by atoms with van der Waals surface area (Å²) in [7, 11) is 0. The smallest absolute Gasteiger partial charge is 0.00219 e. The Morgan fingerprint density at radius 3 is 2.22 bits per heavy atom. The monoisotopic (exact) mass is 254 g/mol. The van der Waals surface area contributed by atoms with Crippen LogP contribution in [-0.4, -0.2) is 49.1 Å². The predicted molar refractivity (Wildman–Crippen MR) is 81.0 cm³/mol.